The third-order valence-corrected chi connectivity index (χ3v) is 3.49. The van der Waals surface area contributed by atoms with Crippen molar-refractivity contribution >= 4 is 17.7 Å². The van der Waals surface area contributed by atoms with E-state index in [-0.39, 0.29) is 5.57 Å². The summed E-state index contributed by atoms with van der Waals surface area (Å²) in [5.41, 5.74) is 2.36. The van der Waals surface area contributed by atoms with Gasteiger partial charge in [0.2, 0.25) is 0 Å². The third kappa shape index (κ3) is 3.93. The number of hydrogen-bond acceptors (Lipinski definition) is 4. The number of rotatable bonds is 5. The van der Waals surface area contributed by atoms with E-state index in [4.69, 9.17) is 9.47 Å². The third-order valence-electron chi connectivity index (χ3n) is 3.49. The Morgan fingerprint density at radius 2 is 1.83 bits per heavy atom. The predicted octanol–water partition coefficient (Wildman–Crippen LogP) is 3.56. The van der Waals surface area contributed by atoms with Crippen LogP contribution in [0.3, 0.4) is 0 Å². The molecule has 0 unspecified atom stereocenters. The number of hydrogen-bond donors (Lipinski definition) is 1. The second-order valence-corrected chi connectivity index (χ2v) is 5.05. The van der Waals surface area contributed by atoms with Crippen LogP contribution in [-0.4, -0.2) is 20.1 Å². The fourth-order valence-electron chi connectivity index (χ4n) is 2.17. The Labute approximate surface area is 141 Å². The summed E-state index contributed by atoms with van der Waals surface area (Å²) in [6, 6.07) is 14.5. The molecule has 0 aromatic heterocycles. The van der Waals surface area contributed by atoms with Gasteiger partial charge in [-0.3, -0.25) is 4.79 Å². The molecule has 2 rings (SSSR count). The van der Waals surface area contributed by atoms with E-state index >= 15 is 0 Å². The van der Waals surface area contributed by atoms with E-state index in [0.29, 0.717) is 17.2 Å². The van der Waals surface area contributed by atoms with Crippen molar-refractivity contribution in [2.24, 2.45) is 0 Å². The molecular weight excluding hydrogens is 304 g/mol. The van der Waals surface area contributed by atoms with Crippen molar-refractivity contribution in [2.75, 3.05) is 19.5 Å². The summed E-state index contributed by atoms with van der Waals surface area (Å²) in [7, 11) is 3.05. The zero-order valence-corrected chi connectivity index (χ0v) is 13.8. The van der Waals surface area contributed by atoms with Gasteiger partial charge < -0.3 is 14.8 Å². The van der Waals surface area contributed by atoms with Crippen molar-refractivity contribution in [3.63, 3.8) is 0 Å². The molecule has 0 heterocycles. The molecule has 0 aliphatic heterocycles. The first kappa shape index (κ1) is 17.1. The van der Waals surface area contributed by atoms with Gasteiger partial charge in [-0.2, -0.15) is 5.26 Å². The van der Waals surface area contributed by atoms with Gasteiger partial charge in [0.25, 0.3) is 5.91 Å². The summed E-state index contributed by atoms with van der Waals surface area (Å²) in [5, 5.41) is 12.0. The van der Waals surface area contributed by atoms with E-state index < -0.39 is 5.91 Å². The number of nitriles is 1. The monoisotopic (exact) mass is 322 g/mol. The molecule has 0 radical (unpaired) electrons. The molecular formula is C19H18N2O3. The van der Waals surface area contributed by atoms with Crippen LogP contribution in [0.15, 0.2) is 48.0 Å². The number of benzene rings is 2. The summed E-state index contributed by atoms with van der Waals surface area (Å²) in [4.78, 5) is 12.3. The van der Waals surface area contributed by atoms with Gasteiger partial charge in [0, 0.05) is 11.8 Å². The number of nitrogens with one attached hydrogen (secondary N) is 1. The van der Waals surface area contributed by atoms with E-state index in [1.807, 2.05) is 37.3 Å². The minimum Gasteiger partial charge on any atom is -0.493 e. The largest absolute Gasteiger partial charge is 0.493 e. The molecule has 1 N–H and O–H groups in total. The Morgan fingerprint density at radius 3 is 2.46 bits per heavy atom. The van der Waals surface area contributed by atoms with Gasteiger partial charge in [-0.1, -0.05) is 24.3 Å². The highest BCUT2D eigenvalue weighted by atomic mass is 16.5. The lowest BCUT2D eigenvalue weighted by molar-refractivity contribution is -0.112. The summed E-state index contributed by atoms with van der Waals surface area (Å²) in [6.07, 6.45) is 1.57. The van der Waals surface area contributed by atoms with Crippen molar-refractivity contribution in [2.45, 2.75) is 6.92 Å². The lowest BCUT2D eigenvalue weighted by Crippen LogP contribution is -2.13. The normalized spacial score (nSPS) is 10.7. The lowest BCUT2D eigenvalue weighted by Gasteiger charge is -2.10. The van der Waals surface area contributed by atoms with Crippen LogP contribution >= 0.6 is 0 Å². The van der Waals surface area contributed by atoms with E-state index in [9.17, 15) is 10.1 Å². The SMILES string of the molecule is COc1ccc(NC(=O)/C(C#N)=C/c2ccccc2C)cc1OC. The molecule has 24 heavy (non-hydrogen) atoms. The van der Waals surface area contributed by atoms with Crippen LogP contribution in [-0.2, 0) is 4.79 Å². The van der Waals surface area contributed by atoms with Crippen LogP contribution in [0.1, 0.15) is 11.1 Å². The number of amides is 1. The molecule has 122 valence electrons. The van der Waals surface area contributed by atoms with Gasteiger partial charge in [0.15, 0.2) is 11.5 Å². The number of carbonyl (C=O) groups is 1. The van der Waals surface area contributed by atoms with Crippen LogP contribution in [0.4, 0.5) is 5.69 Å². The summed E-state index contributed by atoms with van der Waals surface area (Å²) in [5.74, 6) is 0.580. The Hall–Kier alpha value is -3.26. The molecule has 0 aliphatic carbocycles. The molecule has 0 spiro atoms. The maximum absolute atomic E-state index is 12.3. The number of aryl methyl sites for hydroxylation is 1. The molecule has 0 bridgehead atoms. The summed E-state index contributed by atoms with van der Waals surface area (Å²) < 4.78 is 10.4. The quantitative estimate of drug-likeness (QED) is 0.675. The van der Waals surface area contributed by atoms with Crippen molar-refractivity contribution in [1.82, 2.24) is 0 Å². The van der Waals surface area contributed by atoms with Crippen molar-refractivity contribution in [3.8, 4) is 17.6 Å². The Kier molecular flexibility index (Phi) is 5.58. The molecule has 0 saturated carbocycles. The molecule has 0 aliphatic rings. The van der Waals surface area contributed by atoms with E-state index in [0.717, 1.165) is 11.1 Å². The Morgan fingerprint density at radius 1 is 1.12 bits per heavy atom. The number of anilines is 1. The number of carbonyl (C=O) groups excluding carboxylic acids is 1. The van der Waals surface area contributed by atoms with Crippen LogP contribution in [0.25, 0.3) is 6.08 Å². The van der Waals surface area contributed by atoms with Crippen molar-refractivity contribution in [1.29, 1.82) is 5.26 Å². The zero-order valence-electron chi connectivity index (χ0n) is 13.8. The molecule has 2 aromatic rings. The first-order chi connectivity index (χ1) is 11.6. The first-order valence-electron chi connectivity index (χ1n) is 7.30. The Balaban J connectivity index is 2.25. The van der Waals surface area contributed by atoms with Gasteiger partial charge in [0.05, 0.1) is 14.2 Å². The van der Waals surface area contributed by atoms with Gasteiger partial charge >= 0.3 is 0 Å². The maximum atomic E-state index is 12.3. The molecule has 1 amide bonds. The second kappa shape index (κ2) is 7.84. The number of ether oxygens (including phenoxy) is 2. The van der Waals surface area contributed by atoms with Gasteiger partial charge in [-0.05, 0) is 36.3 Å². The molecule has 0 atom stereocenters. The van der Waals surface area contributed by atoms with Crippen molar-refractivity contribution < 1.29 is 14.3 Å². The lowest BCUT2D eigenvalue weighted by atomic mass is 10.1. The minimum absolute atomic E-state index is 0.0269. The van der Waals surface area contributed by atoms with Crippen LogP contribution < -0.4 is 14.8 Å². The van der Waals surface area contributed by atoms with Crippen LogP contribution in [0, 0.1) is 18.3 Å². The summed E-state index contributed by atoms with van der Waals surface area (Å²) in [6.45, 7) is 1.92. The van der Waals surface area contributed by atoms with Crippen molar-refractivity contribution in [3.05, 3.63) is 59.2 Å². The van der Waals surface area contributed by atoms with Gasteiger partial charge in [-0.15, -0.1) is 0 Å². The van der Waals surface area contributed by atoms with E-state index in [2.05, 4.69) is 5.32 Å². The predicted molar refractivity (Wildman–Crippen MR) is 92.9 cm³/mol. The van der Waals surface area contributed by atoms with E-state index in [1.165, 1.54) is 14.2 Å². The topological polar surface area (TPSA) is 71.3 Å². The highest BCUT2D eigenvalue weighted by Gasteiger charge is 2.12. The molecule has 0 saturated heterocycles. The smallest absolute Gasteiger partial charge is 0.266 e. The highest BCUT2D eigenvalue weighted by Crippen LogP contribution is 2.29. The Bertz CT molecular complexity index is 820. The molecule has 5 heteroatoms. The second-order valence-electron chi connectivity index (χ2n) is 5.05. The fourth-order valence-corrected chi connectivity index (χ4v) is 2.17. The standard InChI is InChI=1S/C19H18N2O3/c1-13-6-4-5-7-14(13)10-15(12-20)19(22)21-16-8-9-17(23-2)18(11-16)24-3/h4-11H,1-3H3,(H,21,22)/b15-10+. The fraction of sp³-hybridized carbons (Fsp3) is 0.158. The first-order valence-corrected chi connectivity index (χ1v) is 7.30. The van der Waals surface area contributed by atoms with E-state index in [1.54, 1.807) is 24.3 Å². The zero-order chi connectivity index (χ0) is 17.5. The van der Waals surface area contributed by atoms with Crippen LogP contribution in [0.5, 0.6) is 11.5 Å². The molecule has 2 aromatic carbocycles. The number of methoxy groups -OCH3 is 2. The average Bonchev–Trinajstić information content (AvgIpc) is 2.60. The highest BCUT2D eigenvalue weighted by molar-refractivity contribution is 6.09. The summed E-state index contributed by atoms with van der Waals surface area (Å²) >= 11 is 0. The molecule has 0 fully saturated rings. The minimum atomic E-state index is -0.479. The average molecular weight is 322 g/mol. The van der Waals surface area contributed by atoms with Gasteiger partial charge in [0.1, 0.15) is 11.6 Å². The molecule has 5 nitrogen and oxygen atoms in total. The maximum Gasteiger partial charge on any atom is 0.266 e. The van der Waals surface area contributed by atoms with Gasteiger partial charge in [-0.25, -0.2) is 0 Å². The number of nitrogens with zero attached hydrogens (tertiary/aromatic N) is 1. The van der Waals surface area contributed by atoms with Crippen LogP contribution in [0.2, 0.25) is 0 Å².